The maximum atomic E-state index is 3.67. The van der Waals surface area contributed by atoms with Crippen molar-refractivity contribution in [3.05, 3.63) is 22.7 Å². The third kappa shape index (κ3) is 2.70. The van der Waals surface area contributed by atoms with Crippen molar-refractivity contribution in [1.82, 2.24) is 0 Å². The van der Waals surface area contributed by atoms with Gasteiger partial charge in [-0.1, -0.05) is 0 Å². The molecule has 2 nitrogen and oxygen atoms in total. The molecule has 1 fully saturated rings. The molecule has 0 bridgehead atoms. The van der Waals surface area contributed by atoms with Crippen molar-refractivity contribution in [2.75, 3.05) is 29.9 Å². The maximum Gasteiger partial charge on any atom is 0.0512 e. The highest BCUT2D eigenvalue weighted by atomic mass is 79.9. The maximum absolute atomic E-state index is 3.67. The second-order valence-electron chi connectivity index (χ2n) is 4.24. The van der Waals surface area contributed by atoms with E-state index in [0.717, 1.165) is 6.54 Å². The fourth-order valence-electron chi connectivity index (χ4n) is 2.21. The molecule has 0 spiro atoms. The number of benzene rings is 1. The number of halogens is 1. The fraction of sp³-hybridized carbons (Fsp3) is 0.538. The molecule has 1 saturated heterocycles. The zero-order valence-electron chi connectivity index (χ0n) is 9.80. The summed E-state index contributed by atoms with van der Waals surface area (Å²) in [5, 5.41) is 3.33. The Morgan fingerprint density at radius 3 is 2.62 bits per heavy atom. The minimum absolute atomic E-state index is 0.968. The molecule has 1 heterocycles. The van der Waals surface area contributed by atoms with E-state index in [4.69, 9.17) is 0 Å². The predicted molar refractivity (Wildman–Crippen MR) is 74.4 cm³/mol. The topological polar surface area (TPSA) is 15.3 Å². The number of nitrogens with one attached hydrogen (secondary N) is 1. The van der Waals surface area contributed by atoms with E-state index in [1.54, 1.807) is 0 Å². The monoisotopic (exact) mass is 282 g/mol. The van der Waals surface area contributed by atoms with Gasteiger partial charge in [0.1, 0.15) is 0 Å². The van der Waals surface area contributed by atoms with E-state index in [1.807, 2.05) is 0 Å². The zero-order chi connectivity index (χ0) is 11.4. The molecular formula is C13H19BrN2. The lowest BCUT2D eigenvalue weighted by Gasteiger charge is -2.29. The van der Waals surface area contributed by atoms with Gasteiger partial charge in [0.05, 0.1) is 5.69 Å². The first-order valence-corrected chi connectivity index (χ1v) is 6.89. The van der Waals surface area contributed by atoms with E-state index >= 15 is 0 Å². The van der Waals surface area contributed by atoms with Crippen LogP contribution in [-0.4, -0.2) is 19.6 Å². The fourth-order valence-corrected chi connectivity index (χ4v) is 2.84. The van der Waals surface area contributed by atoms with Crippen LogP contribution in [0.4, 0.5) is 11.4 Å². The number of piperidine rings is 1. The van der Waals surface area contributed by atoms with E-state index in [9.17, 15) is 0 Å². The Kier molecular flexibility index (Phi) is 4.10. The van der Waals surface area contributed by atoms with Crippen LogP contribution in [0.15, 0.2) is 22.7 Å². The quantitative estimate of drug-likeness (QED) is 0.905. The molecule has 1 aliphatic heterocycles. The van der Waals surface area contributed by atoms with E-state index < -0.39 is 0 Å². The van der Waals surface area contributed by atoms with Crippen molar-refractivity contribution in [1.29, 1.82) is 0 Å². The molecule has 16 heavy (non-hydrogen) atoms. The highest BCUT2D eigenvalue weighted by molar-refractivity contribution is 9.10. The third-order valence-electron chi connectivity index (χ3n) is 3.03. The van der Waals surface area contributed by atoms with Gasteiger partial charge in [0.2, 0.25) is 0 Å². The average molecular weight is 283 g/mol. The second kappa shape index (κ2) is 5.58. The van der Waals surface area contributed by atoms with Crippen molar-refractivity contribution in [3.8, 4) is 0 Å². The first kappa shape index (κ1) is 11.8. The van der Waals surface area contributed by atoms with E-state index in [2.05, 4.69) is 51.3 Å². The molecule has 0 unspecified atom stereocenters. The van der Waals surface area contributed by atoms with E-state index in [0.29, 0.717) is 0 Å². The van der Waals surface area contributed by atoms with Gasteiger partial charge in [-0.2, -0.15) is 0 Å². The van der Waals surface area contributed by atoms with Crippen LogP contribution in [0, 0.1) is 0 Å². The molecule has 0 atom stereocenters. The molecule has 0 aliphatic carbocycles. The number of rotatable bonds is 3. The van der Waals surface area contributed by atoms with Crippen molar-refractivity contribution in [2.45, 2.75) is 26.2 Å². The molecule has 0 aromatic heterocycles. The first-order valence-electron chi connectivity index (χ1n) is 6.09. The summed E-state index contributed by atoms with van der Waals surface area (Å²) in [6.45, 7) is 5.47. The SMILES string of the molecule is CCNc1ccc(N2CCCCC2)c(Br)c1. The molecular weight excluding hydrogens is 264 g/mol. The van der Waals surface area contributed by atoms with Gasteiger partial charge in [0, 0.05) is 29.8 Å². The molecule has 3 heteroatoms. The van der Waals surface area contributed by atoms with Gasteiger partial charge in [-0.05, 0) is 60.3 Å². The molecule has 0 radical (unpaired) electrons. The molecule has 1 aliphatic rings. The molecule has 2 rings (SSSR count). The summed E-state index contributed by atoms with van der Waals surface area (Å²) < 4.78 is 1.20. The lowest BCUT2D eigenvalue weighted by molar-refractivity contribution is 0.577. The summed E-state index contributed by atoms with van der Waals surface area (Å²) in [5.74, 6) is 0. The van der Waals surface area contributed by atoms with Gasteiger partial charge in [0.15, 0.2) is 0 Å². The molecule has 88 valence electrons. The lowest BCUT2D eigenvalue weighted by atomic mass is 10.1. The Balaban J connectivity index is 2.14. The van der Waals surface area contributed by atoms with Crippen LogP contribution in [0.3, 0.4) is 0 Å². The summed E-state index contributed by atoms with van der Waals surface area (Å²) in [5.41, 5.74) is 2.52. The van der Waals surface area contributed by atoms with Gasteiger partial charge < -0.3 is 10.2 Å². The summed E-state index contributed by atoms with van der Waals surface area (Å²) in [7, 11) is 0. The summed E-state index contributed by atoms with van der Waals surface area (Å²) in [6.07, 6.45) is 4.02. The third-order valence-corrected chi connectivity index (χ3v) is 3.66. The van der Waals surface area contributed by atoms with Crippen molar-refractivity contribution >= 4 is 27.3 Å². The van der Waals surface area contributed by atoms with Gasteiger partial charge in [-0.15, -0.1) is 0 Å². The molecule has 0 amide bonds. The Morgan fingerprint density at radius 2 is 2.00 bits per heavy atom. The molecule has 0 saturated carbocycles. The van der Waals surface area contributed by atoms with Crippen molar-refractivity contribution < 1.29 is 0 Å². The predicted octanol–water partition coefficient (Wildman–Crippen LogP) is 3.87. The highest BCUT2D eigenvalue weighted by Gasteiger charge is 2.13. The van der Waals surface area contributed by atoms with Crippen LogP contribution in [0.25, 0.3) is 0 Å². The normalized spacial score (nSPS) is 16.2. The molecule has 1 aromatic carbocycles. The summed E-state index contributed by atoms with van der Waals surface area (Å²) >= 11 is 3.67. The summed E-state index contributed by atoms with van der Waals surface area (Å²) in [6, 6.07) is 6.55. The Hall–Kier alpha value is -0.700. The Labute approximate surface area is 106 Å². The molecule has 1 aromatic rings. The van der Waals surface area contributed by atoms with Gasteiger partial charge in [-0.3, -0.25) is 0 Å². The van der Waals surface area contributed by atoms with Gasteiger partial charge in [0.25, 0.3) is 0 Å². The van der Waals surface area contributed by atoms with Gasteiger partial charge >= 0.3 is 0 Å². The Morgan fingerprint density at radius 1 is 1.25 bits per heavy atom. The van der Waals surface area contributed by atoms with Crippen LogP contribution in [0.2, 0.25) is 0 Å². The first-order chi connectivity index (χ1) is 7.81. The number of hydrogen-bond acceptors (Lipinski definition) is 2. The minimum Gasteiger partial charge on any atom is -0.385 e. The van der Waals surface area contributed by atoms with Gasteiger partial charge in [-0.25, -0.2) is 0 Å². The van der Waals surface area contributed by atoms with Crippen LogP contribution in [0.1, 0.15) is 26.2 Å². The number of hydrogen-bond donors (Lipinski definition) is 1. The molecule has 1 N–H and O–H groups in total. The Bertz CT molecular complexity index is 346. The zero-order valence-corrected chi connectivity index (χ0v) is 11.4. The van der Waals surface area contributed by atoms with Crippen LogP contribution in [-0.2, 0) is 0 Å². The van der Waals surface area contributed by atoms with E-state index in [1.165, 1.54) is 48.2 Å². The number of anilines is 2. The largest absolute Gasteiger partial charge is 0.385 e. The summed E-state index contributed by atoms with van der Waals surface area (Å²) in [4.78, 5) is 2.48. The van der Waals surface area contributed by atoms with Crippen LogP contribution in [0.5, 0.6) is 0 Å². The standard InChI is InChI=1S/C13H19BrN2/c1-2-15-11-6-7-13(12(14)10-11)16-8-4-3-5-9-16/h6-7,10,15H,2-5,8-9H2,1H3. The number of nitrogens with zero attached hydrogens (tertiary/aromatic N) is 1. The smallest absolute Gasteiger partial charge is 0.0512 e. The second-order valence-corrected chi connectivity index (χ2v) is 5.10. The lowest BCUT2D eigenvalue weighted by Crippen LogP contribution is -2.29. The van der Waals surface area contributed by atoms with E-state index in [-0.39, 0.29) is 0 Å². The highest BCUT2D eigenvalue weighted by Crippen LogP contribution is 2.31. The van der Waals surface area contributed by atoms with Crippen LogP contribution >= 0.6 is 15.9 Å². The van der Waals surface area contributed by atoms with Crippen molar-refractivity contribution in [3.63, 3.8) is 0 Å². The van der Waals surface area contributed by atoms with Crippen LogP contribution < -0.4 is 10.2 Å². The van der Waals surface area contributed by atoms with Crippen molar-refractivity contribution in [2.24, 2.45) is 0 Å². The minimum atomic E-state index is 0.968. The average Bonchev–Trinajstić information content (AvgIpc) is 2.31.